The van der Waals surface area contributed by atoms with E-state index in [9.17, 15) is 22.4 Å². The van der Waals surface area contributed by atoms with E-state index in [-0.39, 0.29) is 29.7 Å². The molecule has 2 aromatic rings. The fraction of sp³-hybridized carbons (Fsp3) is 0.391. The summed E-state index contributed by atoms with van der Waals surface area (Å²) in [5.41, 5.74) is 1.19. The van der Waals surface area contributed by atoms with Crippen LogP contribution in [-0.2, 0) is 26.1 Å². The molecule has 10 heteroatoms. The van der Waals surface area contributed by atoms with Gasteiger partial charge in [0.05, 0.1) is 29.3 Å². The van der Waals surface area contributed by atoms with Crippen molar-refractivity contribution in [3.63, 3.8) is 0 Å². The van der Waals surface area contributed by atoms with Crippen LogP contribution in [0.3, 0.4) is 0 Å². The largest absolute Gasteiger partial charge is 0.491 e. The highest BCUT2D eigenvalue weighted by atomic mass is 32.2. The maximum absolute atomic E-state index is 13.2. The molecule has 1 fully saturated rings. The van der Waals surface area contributed by atoms with E-state index >= 15 is 0 Å². The van der Waals surface area contributed by atoms with Crippen molar-refractivity contribution in [3.8, 4) is 5.75 Å². The Balaban J connectivity index is 1.58. The monoisotopic (exact) mass is 476 g/mol. The van der Waals surface area contributed by atoms with Crippen molar-refractivity contribution in [3.05, 3.63) is 53.6 Å². The zero-order valence-electron chi connectivity index (χ0n) is 18.2. The molecule has 33 heavy (non-hydrogen) atoms. The molecule has 2 aliphatic heterocycles. The first-order valence-electron chi connectivity index (χ1n) is 10.7. The van der Waals surface area contributed by atoms with Gasteiger partial charge in [0.15, 0.2) is 0 Å². The summed E-state index contributed by atoms with van der Waals surface area (Å²) in [7, 11) is -2.30. The van der Waals surface area contributed by atoms with E-state index in [1.165, 1.54) is 34.5 Å². The van der Waals surface area contributed by atoms with Gasteiger partial charge in [-0.25, -0.2) is 12.8 Å². The molecular formula is C23H25FN2O6S. The average molecular weight is 477 g/mol. The number of ketones is 1. The number of benzene rings is 2. The Labute approximate surface area is 191 Å². The van der Waals surface area contributed by atoms with Crippen LogP contribution < -0.4 is 9.64 Å². The van der Waals surface area contributed by atoms with Crippen LogP contribution >= 0.6 is 0 Å². The number of hydrogen-bond acceptors (Lipinski definition) is 6. The van der Waals surface area contributed by atoms with E-state index < -0.39 is 28.4 Å². The minimum atomic E-state index is -3.83. The zero-order chi connectivity index (χ0) is 23.6. The summed E-state index contributed by atoms with van der Waals surface area (Å²) < 4.78 is 50.4. The lowest BCUT2D eigenvalue weighted by atomic mass is 10.1. The first-order valence-corrected chi connectivity index (χ1v) is 12.1. The minimum absolute atomic E-state index is 0.0124. The molecule has 1 saturated heterocycles. The molecule has 0 bridgehead atoms. The van der Waals surface area contributed by atoms with Crippen molar-refractivity contribution < 1.29 is 31.9 Å². The van der Waals surface area contributed by atoms with Crippen LogP contribution in [0.2, 0.25) is 0 Å². The maximum atomic E-state index is 13.2. The Morgan fingerprint density at radius 2 is 1.88 bits per heavy atom. The van der Waals surface area contributed by atoms with Gasteiger partial charge in [-0.2, -0.15) is 4.31 Å². The average Bonchev–Trinajstić information content (AvgIpc) is 3.38. The molecule has 0 radical (unpaired) electrons. The maximum Gasteiger partial charge on any atom is 0.299 e. The lowest BCUT2D eigenvalue weighted by Gasteiger charge is -2.24. The van der Waals surface area contributed by atoms with Gasteiger partial charge in [-0.3, -0.25) is 9.59 Å². The van der Waals surface area contributed by atoms with Gasteiger partial charge in [0.2, 0.25) is 10.0 Å². The Kier molecular flexibility index (Phi) is 6.78. The highest BCUT2D eigenvalue weighted by Crippen LogP contribution is 2.34. The van der Waals surface area contributed by atoms with Crippen LogP contribution in [0.25, 0.3) is 0 Å². The molecule has 0 N–H and O–H groups in total. The lowest BCUT2D eigenvalue weighted by Crippen LogP contribution is -2.38. The van der Waals surface area contributed by atoms with Crippen molar-refractivity contribution in [1.82, 2.24) is 4.31 Å². The second-order valence-corrected chi connectivity index (χ2v) is 9.84. The first kappa shape index (κ1) is 23.3. The summed E-state index contributed by atoms with van der Waals surface area (Å²) in [5.74, 6) is -0.945. The molecule has 8 nitrogen and oxygen atoms in total. The third kappa shape index (κ3) is 4.50. The van der Waals surface area contributed by atoms with Gasteiger partial charge in [-0.15, -0.1) is 0 Å². The number of ether oxygens (including phenoxy) is 2. The molecule has 2 aromatic carbocycles. The zero-order valence-corrected chi connectivity index (χ0v) is 19.0. The third-order valence-electron chi connectivity index (χ3n) is 5.84. The highest BCUT2D eigenvalue weighted by molar-refractivity contribution is 7.89. The molecular weight excluding hydrogens is 451 g/mol. The number of hydrogen-bond donors (Lipinski definition) is 0. The molecule has 176 valence electrons. The number of sulfonamides is 1. The van der Waals surface area contributed by atoms with Crippen molar-refractivity contribution in [1.29, 1.82) is 0 Å². The summed E-state index contributed by atoms with van der Waals surface area (Å²) in [4.78, 5) is 26.6. The summed E-state index contributed by atoms with van der Waals surface area (Å²) in [6.45, 7) is 0.186. The molecule has 0 aliphatic carbocycles. The molecule has 0 unspecified atom stereocenters. The highest BCUT2D eigenvalue weighted by Gasteiger charge is 2.39. The lowest BCUT2D eigenvalue weighted by molar-refractivity contribution is -0.114. The van der Waals surface area contributed by atoms with E-state index in [1.807, 2.05) is 0 Å². The number of nitrogens with zero attached hydrogens (tertiary/aromatic N) is 2. The van der Waals surface area contributed by atoms with Crippen LogP contribution in [0.5, 0.6) is 5.75 Å². The van der Waals surface area contributed by atoms with Gasteiger partial charge in [0, 0.05) is 19.7 Å². The Hall–Kier alpha value is -2.82. The second-order valence-electron chi connectivity index (χ2n) is 7.95. The van der Waals surface area contributed by atoms with Gasteiger partial charge in [-0.1, -0.05) is 12.1 Å². The van der Waals surface area contributed by atoms with Gasteiger partial charge in [0.25, 0.3) is 11.7 Å². The Morgan fingerprint density at radius 3 is 2.58 bits per heavy atom. The van der Waals surface area contributed by atoms with Crippen LogP contribution in [0.15, 0.2) is 47.4 Å². The van der Waals surface area contributed by atoms with Crippen LogP contribution in [-0.4, -0.2) is 64.0 Å². The van der Waals surface area contributed by atoms with Gasteiger partial charge in [0.1, 0.15) is 19.0 Å². The van der Waals surface area contributed by atoms with E-state index in [2.05, 4.69) is 0 Å². The predicted molar refractivity (Wildman–Crippen MR) is 119 cm³/mol. The SMILES string of the molecule is COC[C@H]1CCCN1S(=O)(=O)c1ccc2c(c1)C(=O)C(=O)N2Cc1ccc(OCCF)cc1. The normalized spacial score (nSPS) is 18.7. The number of fused-ring (bicyclic) bond motifs is 1. The smallest absolute Gasteiger partial charge is 0.299 e. The van der Waals surface area contributed by atoms with E-state index in [4.69, 9.17) is 9.47 Å². The summed E-state index contributed by atoms with van der Waals surface area (Å²) in [6.07, 6.45) is 1.45. The predicted octanol–water partition coefficient (Wildman–Crippen LogP) is 2.56. The topological polar surface area (TPSA) is 93.2 Å². The van der Waals surface area contributed by atoms with E-state index in [1.54, 1.807) is 24.3 Å². The molecule has 0 spiro atoms. The molecule has 2 heterocycles. The van der Waals surface area contributed by atoms with Gasteiger partial charge in [-0.05, 0) is 48.7 Å². The fourth-order valence-electron chi connectivity index (χ4n) is 4.25. The van der Waals surface area contributed by atoms with Crippen molar-refractivity contribution in [2.75, 3.05) is 38.4 Å². The Morgan fingerprint density at radius 1 is 1.12 bits per heavy atom. The first-order chi connectivity index (χ1) is 15.9. The number of rotatable bonds is 9. The van der Waals surface area contributed by atoms with E-state index in [0.29, 0.717) is 31.0 Å². The third-order valence-corrected chi connectivity index (χ3v) is 7.79. The number of carbonyl (C=O) groups excluding carboxylic acids is 2. The number of alkyl halides is 1. The number of halogens is 1. The number of Topliss-reactive ketones (excluding diaryl/α,β-unsaturated/α-hetero) is 1. The van der Waals surface area contributed by atoms with E-state index in [0.717, 1.165) is 12.0 Å². The van der Waals surface area contributed by atoms with Crippen molar-refractivity contribution >= 4 is 27.4 Å². The molecule has 0 saturated carbocycles. The van der Waals surface area contributed by atoms with Crippen molar-refractivity contribution in [2.24, 2.45) is 0 Å². The molecule has 0 aromatic heterocycles. The Bertz CT molecular complexity index is 1150. The molecule has 4 rings (SSSR count). The summed E-state index contributed by atoms with van der Waals surface area (Å²) >= 11 is 0. The standard InChI is InChI=1S/C23H25FN2O6S/c1-31-15-17-3-2-11-26(17)33(29,30)19-8-9-21-20(13-19)22(27)23(28)25(21)14-16-4-6-18(7-5-16)32-12-10-24/h4-9,13,17H,2-3,10-12,14-15H2,1H3/t17-/m1/s1. The fourth-order valence-corrected chi connectivity index (χ4v) is 5.95. The number of methoxy groups -OCH3 is 1. The number of carbonyl (C=O) groups is 2. The molecule has 1 atom stereocenters. The van der Waals surface area contributed by atoms with Gasteiger partial charge < -0.3 is 14.4 Å². The van der Waals surface area contributed by atoms with Crippen LogP contribution in [0.1, 0.15) is 28.8 Å². The molecule has 2 aliphatic rings. The second kappa shape index (κ2) is 9.58. The van der Waals surface area contributed by atoms with Crippen LogP contribution in [0, 0.1) is 0 Å². The summed E-state index contributed by atoms with van der Waals surface area (Å²) in [6, 6.07) is 10.8. The molecule has 1 amide bonds. The van der Waals surface area contributed by atoms with Crippen LogP contribution in [0.4, 0.5) is 10.1 Å². The summed E-state index contributed by atoms with van der Waals surface area (Å²) in [5, 5.41) is 0. The number of amides is 1. The quantitative estimate of drug-likeness (QED) is 0.517. The van der Waals surface area contributed by atoms with Crippen molar-refractivity contribution in [2.45, 2.75) is 30.3 Å². The minimum Gasteiger partial charge on any atom is -0.491 e. The van der Waals surface area contributed by atoms with Gasteiger partial charge >= 0.3 is 0 Å². The number of anilines is 1.